The third kappa shape index (κ3) is 3.75. The lowest BCUT2D eigenvalue weighted by atomic mass is 10.2. The van der Waals surface area contributed by atoms with E-state index < -0.39 is 0 Å². The van der Waals surface area contributed by atoms with E-state index in [2.05, 4.69) is 10.5 Å². The van der Waals surface area contributed by atoms with Crippen LogP contribution in [-0.4, -0.2) is 22.4 Å². The molecule has 19 heavy (non-hydrogen) atoms. The Hall–Kier alpha value is -0.970. The number of rotatable bonds is 5. The fraction of sp³-hybridized carbons (Fsp3) is 0.714. The number of nitrogens with one attached hydrogen (secondary N) is 1. The lowest BCUT2D eigenvalue weighted by Gasteiger charge is -2.16. The Labute approximate surface area is 118 Å². The predicted molar refractivity (Wildman–Crippen MR) is 77.1 cm³/mol. The number of carbonyl (C=O) groups is 1. The zero-order valence-corrected chi connectivity index (χ0v) is 12.7. The van der Waals surface area contributed by atoms with E-state index in [1.54, 1.807) is 11.8 Å². The van der Waals surface area contributed by atoms with Gasteiger partial charge in [-0.05, 0) is 33.6 Å². The zero-order valence-electron chi connectivity index (χ0n) is 11.9. The molecule has 5 heteroatoms. The van der Waals surface area contributed by atoms with Gasteiger partial charge in [-0.2, -0.15) is 0 Å². The molecule has 1 fully saturated rings. The second-order valence-corrected chi connectivity index (χ2v) is 6.58. The van der Waals surface area contributed by atoms with Crippen molar-refractivity contribution in [1.29, 1.82) is 0 Å². The van der Waals surface area contributed by atoms with Gasteiger partial charge >= 0.3 is 0 Å². The van der Waals surface area contributed by atoms with Crippen molar-refractivity contribution in [3.8, 4) is 0 Å². The molecule has 1 aromatic rings. The maximum Gasteiger partial charge on any atom is 0.233 e. The van der Waals surface area contributed by atoms with Crippen LogP contribution in [0.4, 0.5) is 0 Å². The van der Waals surface area contributed by atoms with Gasteiger partial charge in [-0.1, -0.05) is 18.0 Å². The van der Waals surface area contributed by atoms with Crippen molar-refractivity contribution in [3.05, 3.63) is 17.0 Å². The van der Waals surface area contributed by atoms with E-state index in [4.69, 9.17) is 4.52 Å². The molecule has 1 aliphatic rings. The smallest absolute Gasteiger partial charge is 0.233 e. The van der Waals surface area contributed by atoms with Crippen LogP contribution in [0.3, 0.4) is 0 Å². The van der Waals surface area contributed by atoms with Gasteiger partial charge in [-0.25, -0.2) is 0 Å². The van der Waals surface area contributed by atoms with Gasteiger partial charge in [0.15, 0.2) is 0 Å². The molecular weight excluding hydrogens is 260 g/mol. The summed E-state index contributed by atoms with van der Waals surface area (Å²) in [4.78, 5) is 12.1. The number of aryl methyl sites for hydroxylation is 2. The van der Waals surface area contributed by atoms with Crippen LogP contribution in [0, 0.1) is 13.8 Å². The molecule has 4 nitrogen and oxygen atoms in total. The minimum absolute atomic E-state index is 0.0331. The van der Waals surface area contributed by atoms with Crippen LogP contribution in [-0.2, 0) is 10.5 Å². The van der Waals surface area contributed by atoms with Gasteiger partial charge in [-0.15, -0.1) is 11.8 Å². The lowest BCUT2D eigenvalue weighted by Crippen LogP contribution is -2.37. The second-order valence-electron chi connectivity index (χ2n) is 5.25. The topological polar surface area (TPSA) is 55.1 Å². The highest BCUT2D eigenvalue weighted by atomic mass is 32.2. The maximum atomic E-state index is 12.1. The molecule has 0 unspecified atom stereocenters. The molecule has 1 N–H and O–H groups in total. The van der Waals surface area contributed by atoms with Gasteiger partial charge in [0, 0.05) is 17.4 Å². The Morgan fingerprint density at radius 3 is 2.74 bits per heavy atom. The molecule has 2 rings (SSSR count). The summed E-state index contributed by atoms with van der Waals surface area (Å²) in [5.41, 5.74) is 2.04. The zero-order chi connectivity index (χ0) is 13.8. The van der Waals surface area contributed by atoms with Crippen LogP contribution in [0.15, 0.2) is 4.52 Å². The molecular formula is C14H22N2O2S. The molecule has 1 heterocycles. The molecule has 0 aliphatic heterocycles. The molecule has 1 aromatic heterocycles. The summed E-state index contributed by atoms with van der Waals surface area (Å²) in [7, 11) is 0. The monoisotopic (exact) mass is 282 g/mol. The summed E-state index contributed by atoms with van der Waals surface area (Å²) in [6, 6.07) is 0.398. The first-order valence-electron chi connectivity index (χ1n) is 6.91. The van der Waals surface area contributed by atoms with E-state index in [0.717, 1.165) is 35.6 Å². The van der Waals surface area contributed by atoms with Crippen molar-refractivity contribution in [1.82, 2.24) is 10.5 Å². The van der Waals surface area contributed by atoms with Crippen LogP contribution in [0.2, 0.25) is 0 Å². The van der Waals surface area contributed by atoms with Crippen molar-refractivity contribution in [2.45, 2.75) is 63.5 Å². The average molecular weight is 282 g/mol. The molecule has 0 bridgehead atoms. The van der Waals surface area contributed by atoms with Gasteiger partial charge in [0.05, 0.1) is 10.9 Å². The molecule has 1 saturated carbocycles. The van der Waals surface area contributed by atoms with Crippen molar-refractivity contribution in [2.75, 3.05) is 0 Å². The molecule has 0 radical (unpaired) electrons. The minimum atomic E-state index is -0.0331. The highest BCUT2D eigenvalue weighted by Gasteiger charge is 2.21. The summed E-state index contributed by atoms with van der Waals surface area (Å²) in [6.07, 6.45) is 4.75. The SMILES string of the molecule is Cc1noc(C)c1CS[C@@H](C)C(=O)NC1CCCC1. The predicted octanol–water partition coefficient (Wildman–Crippen LogP) is 2.97. The number of aromatic nitrogens is 1. The lowest BCUT2D eigenvalue weighted by molar-refractivity contribution is -0.120. The molecule has 0 saturated heterocycles. The number of thioether (sulfide) groups is 1. The van der Waals surface area contributed by atoms with Gasteiger partial charge in [0.2, 0.25) is 5.91 Å². The van der Waals surface area contributed by atoms with E-state index in [9.17, 15) is 4.79 Å². The molecule has 0 aromatic carbocycles. The Balaban J connectivity index is 1.80. The Morgan fingerprint density at radius 1 is 1.47 bits per heavy atom. The highest BCUT2D eigenvalue weighted by molar-refractivity contribution is 7.99. The molecule has 1 aliphatic carbocycles. The maximum absolute atomic E-state index is 12.1. The molecule has 106 valence electrons. The first-order valence-corrected chi connectivity index (χ1v) is 7.96. The third-order valence-electron chi connectivity index (χ3n) is 3.73. The van der Waals surface area contributed by atoms with Crippen LogP contribution in [0.5, 0.6) is 0 Å². The van der Waals surface area contributed by atoms with Crippen molar-refractivity contribution < 1.29 is 9.32 Å². The van der Waals surface area contributed by atoms with Gasteiger partial charge in [0.25, 0.3) is 0 Å². The number of carbonyl (C=O) groups excluding carboxylic acids is 1. The van der Waals surface area contributed by atoms with E-state index >= 15 is 0 Å². The summed E-state index contributed by atoms with van der Waals surface area (Å²) in [6.45, 7) is 5.82. The summed E-state index contributed by atoms with van der Waals surface area (Å²) in [5, 5.41) is 7.04. The van der Waals surface area contributed by atoms with E-state index in [1.807, 2.05) is 20.8 Å². The Kier molecular flexibility index (Phi) is 4.91. The van der Waals surface area contributed by atoms with Gasteiger partial charge in [0.1, 0.15) is 5.76 Å². The number of nitrogens with zero attached hydrogens (tertiary/aromatic N) is 1. The first-order chi connectivity index (χ1) is 9.08. The molecule has 1 atom stereocenters. The standard InChI is InChI=1S/C14H22N2O2S/c1-9-13(10(2)18-16-9)8-19-11(3)14(17)15-12-6-4-5-7-12/h11-12H,4-8H2,1-3H3,(H,15,17)/t11-/m0/s1. The summed E-state index contributed by atoms with van der Waals surface area (Å²) >= 11 is 1.64. The highest BCUT2D eigenvalue weighted by Crippen LogP contribution is 2.24. The number of hydrogen-bond donors (Lipinski definition) is 1. The second kappa shape index (κ2) is 6.46. The molecule has 0 spiro atoms. The van der Waals surface area contributed by atoms with Crippen molar-refractivity contribution in [3.63, 3.8) is 0 Å². The summed E-state index contributed by atoms with van der Waals surface area (Å²) < 4.78 is 5.13. The van der Waals surface area contributed by atoms with E-state index in [1.165, 1.54) is 12.8 Å². The van der Waals surface area contributed by atoms with Crippen LogP contribution < -0.4 is 5.32 Å². The fourth-order valence-electron chi connectivity index (χ4n) is 2.38. The quantitative estimate of drug-likeness (QED) is 0.902. The molecule has 1 amide bonds. The first kappa shape index (κ1) is 14.4. The Morgan fingerprint density at radius 2 is 2.16 bits per heavy atom. The van der Waals surface area contributed by atoms with Gasteiger partial charge in [-0.3, -0.25) is 4.79 Å². The van der Waals surface area contributed by atoms with Crippen LogP contribution in [0.1, 0.15) is 49.6 Å². The normalized spacial score (nSPS) is 17.6. The summed E-state index contributed by atoms with van der Waals surface area (Å²) in [5.74, 6) is 1.79. The van der Waals surface area contributed by atoms with Crippen molar-refractivity contribution in [2.24, 2.45) is 0 Å². The van der Waals surface area contributed by atoms with E-state index in [-0.39, 0.29) is 11.2 Å². The number of amides is 1. The van der Waals surface area contributed by atoms with Gasteiger partial charge < -0.3 is 9.84 Å². The average Bonchev–Trinajstić information content (AvgIpc) is 2.98. The van der Waals surface area contributed by atoms with Crippen LogP contribution >= 0.6 is 11.8 Å². The third-order valence-corrected chi connectivity index (χ3v) is 4.90. The van der Waals surface area contributed by atoms with Crippen LogP contribution in [0.25, 0.3) is 0 Å². The number of hydrogen-bond acceptors (Lipinski definition) is 4. The van der Waals surface area contributed by atoms with E-state index in [0.29, 0.717) is 6.04 Å². The minimum Gasteiger partial charge on any atom is -0.361 e. The largest absolute Gasteiger partial charge is 0.361 e. The fourth-order valence-corrected chi connectivity index (χ4v) is 3.43. The Bertz CT molecular complexity index is 419. The van der Waals surface area contributed by atoms with Crippen molar-refractivity contribution >= 4 is 17.7 Å².